The van der Waals surface area contributed by atoms with E-state index in [1.54, 1.807) is 0 Å². The van der Waals surface area contributed by atoms with Gasteiger partial charge in [0.1, 0.15) is 0 Å². The molecule has 0 aromatic carbocycles. The molecule has 0 unspecified atom stereocenters. The van der Waals surface area contributed by atoms with Crippen LogP contribution in [-0.2, 0) is 41.9 Å². The quantitative estimate of drug-likeness (QED) is 0.490. The predicted molar refractivity (Wildman–Crippen MR) is 38.5 cm³/mol. The van der Waals surface area contributed by atoms with Crippen molar-refractivity contribution in [2.45, 2.75) is 20.8 Å². The molecule has 0 amide bonds. The summed E-state index contributed by atoms with van der Waals surface area (Å²) in [4.78, 5) is 0. The molecule has 0 saturated heterocycles. The van der Waals surface area contributed by atoms with E-state index in [1.165, 1.54) is 18.5 Å². The van der Waals surface area contributed by atoms with Crippen molar-refractivity contribution in [3.63, 3.8) is 0 Å². The molecule has 0 rings (SSSR count). The number of hydrogen-bond donors (Lipinski definition) is 0. The second-order valence-electron chi connectivity index (χ2n) is 1.62. The molecule has 9 heavy (non-hydrogen) atoms. The van der Waals surface area contributed by atoms with Crippen LogP contribution < -0.4 is 0 Å². The van der Waals surface area contributed by atoms with E-state index in [-0.39, 0.29) is 41.9 Å². The second-order valence-corrected chi connectivity index (χ2v) is 4.86. The van der Waals surface area contributed by atoms with Crippen molar-refractivity contribution in [1.29, 1.82) is 0 Å². The first-order valence-electron chi connectivity index (χ1n) is 3.07. The third kappa shape index (κ3) is 9.79. The van der Waals surface area contributed by atoms with Crippen molar-refractivity contribution in [3.8, 4) is 0 Å². The van der Waals surface area contributed by atoms with Gasteiger partial charge in [-0.05, 0) is 18.5 Å². The van der Waals surface area contributed by atoms with Crippen LogP contribution in [0.5, 0.6) is 0 Å². The minimum absolute atomic E-state index is 0. The van der Waals surface area contributed by atoms with Crippen molar-refractivity contribution in [2.75, 3.05) is 18.5 Å². The molecule has 1 radical (unpaired) electrons. The van der Waals surface area contributed by atoms with Crippen LogP contribution in [0.25, 0.3) is 0 Å². The fourth-order valence-electron chi connectivity index (χ4n) is 0.671. The topological polar surface area (TPSA) is 0 Å². The van der Waals surface area contributed by atoms with E-state index in [0.717, 1.165) is 0 Å². The van der Waals surface area contributed by atoms with Gasteiger partial charge in [-0.2, -0.15) is 0 Å². The molecule has 0 aliphatic rings. The average Bonchev–Trinajstić information content (AvgIpc) is 1.72. The van der Waals surface area contributed by atoms with E-state index < -0.39 is 0 Å². The third-order valence-corrected chi connectivity index (χ3v) is 4.02. The molecule has 0 aromatic rings. The summed E-state index contributed by atoms with van der Waals surface area (Å²) >= 11 is 0. The maximum atomic E-state index is 2.29. The van der Waals surface area contributed by atoms with Crippen LogP contribution >= 0.6 is 7.92 Å². The van der Waals surface area contributed by atoms with Crippen LogP contribution in [0.2, 0.25) is 0 Å². The predicted octanol–water partition coefficient (Wildman–Crippen LogP) is 2.52. The van der Waals surface area contributed by atoms with E-state index >= 15 is 0 Å². The van der Waals surface area contributed by atoms with Crippen LogP contribution in [0.1, 0.15) is 20.8 Å². The summed E-state index contributed by atoms with van der Waals surface area (Å²) in [5.41, 5.74) is 0. The zero-order chi connectivity index (χ0) is 5.70. The molecule has 0 N–H and O–H groups in total. The Morgan fingerprint density at radius 3 is 1.11 bits per heavy atom. The van der Waals surface area contributed by atoms with Crippen molar-refractivity contribution in [1.82, 2.24) is 0 Å². The monoisotopic (exact) mass is 417 g/mol. The normalized spacial score (nSPS) is 8.00. The molecule has 0 saturated carbocycles. The van der Waals surface area contributed by atoms with Gasteiger partial charge in [-0.25, -0.2) is 0 Å². The summed E-state index contributed by atoms with van der Waals surface area (Å²) in [6.45, 7) is 6.87. The molecule has 0 bridgehead atoms. The van der Waals surface area contributed by atoms with Crippen molar-refractivity contribution in [2.24, 2.45) is 0 Å². The van der Waals surface area contributed by atoms with Gasteiger partial charge in [-0.3, -0.25) is 0 Å². The first-order chi connectivity index (χ1) is 3.35. The Morgan fingerprint density at radius 2 is 1.11 bits per heavy atom. The van der Waals surface area contributed by atoms with Gasteiger partial charge in [0.2, 0.25) is 0 Å². The van der Waals surface area contributed by atoms with Gasteiger partial charge in [-0.15, -0.1) is 7.92 Å². The maximum Gasteiger partial charge on any atom is 0 e. The Balaban J connectivity index is -0.000000180. The van der Waals surface area contributed by atoms with Crippen molar-refractivity contribution >= 4 is 7.92 Å². The molecule has 0 aliphatic carbocycles. The molecular formula is C6H15AuPRu. The summed E-state index contributed by atoms with van der Waals surface area (Å²) < 4.78 is 0. The smallest absolute Gasteiger partial charge is 0 e. The Bertz CT molecular complexity index is 34.5. The van der Waals surface area contributed by atoms with Gasteiger partial charge in [-0.1, -0.05) is 20.8 Å². The summed E-state index contributed by atoms with van der Waals surface area (Å²) in [5.74, 6) is 0. The fourth-order valence-corrected chi connectivity index (χ4v) is 2.01. The Labute approximate surface area is 88.6 Å². The Morgan fingerprint density at radius 1 is 0.889 bits per heavy atom. The first kappa shape index (κ1) is 17.0. The number of rotatable bonds is 3. The molecule has 0 aromatic heterocycles. The second kappa shape index (κ2) is 12.5. The SMILES string of the molecule is CCP(CC)CC.[Au].[Ru]. The molecule has 0 heterocycles. The zero-order valence-corrected chi connectivity index (χ0v) is 11.0. The molecular weight excluding hydrogens is 401 g/mol. The van der Waals surface area contributed by atoms with Crippen molar-refractivity contribution in [3.05, 3.63) is 0 Å². The molecule has 0 aliphatic heterocycles. The minimum atomic E-state index is 0. The summed E-state index contributed by atoms with van der Waals surface area (Å²) in [7, 11) is 0.446. The van der Waals surface area contributed by atoms with E-state index in [0.29, 0.717) is 7.92 Å². The van der Waals surface area contributed by atoms with Crippen LogP contribution in [0.3, 0.4) is 0 Å². The van der Waals surface area contributed by atoms with Gasteiger partial charge < -0.3 is 0 Å². The van der Waals surface area contributed by atoms with Gasteiger partial charge in [0, 0.05) is 41.9 Å². The molecule has 0 spiro atoms. The van der Waals surface area contributed by atoms with E-state index in [9.17, 15) is 0 Å². The first-order valence-corrected chi connectivity index (χ1v) is 4.97. The number of hydrogen-bond acceptors (Lipinski definition) is 0. The summed E-state index contributed by atoms with van der Waals surface area (Å²) in [6.07, 6.45) is 4.26. The maximum absolute atomic E-state index is 2.29. The van der Waals surface area contributed by atoms with Gasteiger partial charge in [0.25, 0.3) is 0 Å². The van der Waals surface area contributed by atoms with E-state index in [1.807, 2.05) is 0 Å². The molecule has 3 heteroatoms. The summed E-state index contributed by atoms with van der Waals surface area (Å²) in [6, 6.07) is 0. The van der Waals surface area contributed by atoms with E-state index in [2.05, 4.69) is 20.8 Å². The van der Waals surface area contributed by atoms with Crippen LogP contribution in [-0.4, -0.2) is 18.5 Å². The minimum Gasteiger partial charge on any atom is -0.108 e. The third-order valence-electron chi connectivity index (χ3n) is 1.34. The zero-order valence-electron chi connectivity index (χ0n) is 6.22. The summed E-state index contributed by atoms with van der Waals surface area (Å²) in [5, 5.41) is 0. The largest absolute Gasteiger partial charge is 0.108 e. The van der Waals surface area contributed by atoms with E-state index in [4.69, 9.17) is 0 Å². The van der Waals surface area contributed by atoms with Crippen LogP contribution in [0.4, 0.5) is 0 Å². The van der Waals surface area contributed by atoms with Gasteiger partial charge in [0.15, 0.2) is 0 Å². The van der Waals surface area contributed by atoms with Crippen LogP contribution in [0.15, 0.2) is 0 Å². The fraction of sp³-hybridized carbons (Fsp3) is 1.00. The molecule has 0 fully saturated rings. The molecule has 0 nitrogen and oxygen atoms in total. The standard InChI is InChI=1S/C6H15P.Au.Ru/c1-4-7(5-2)6-3;;/h4-6H2,1-3H3;;. The van der Waals surface area contributed by atoms with Gasteiger partial charge >= 0.3 is 0 Å². The Hall–Kier alpha value is 1.79. The van der Waals surface area contributed by atoms with Crippen molar-refractivity contribution < 1.29 is 41.9 Å². The molecule has 0 atom stereocenters. The van der Waals surface area contributed by atoms with Crippen LogP contribution in [0, 0.1) is 0 Å². The Kier molecular flexibility index (Phi) is 23.6. The van der Waals surface area contributed by atoms with Gasteiger partial charge in [0.05, 0.1) is 0 Å². The average molecular weight is 416 g/mol. The molecule has 63 valence electrons.